The molecule has 1 aliphatic rings. The number of nitriles is 1. The molecule has 1 aromatic heterocycles. The number of halogens is 1. The van der Waals surface area contributed by atoms with Crippen molar-refractivity contribution in [2.75, 3.05) is 45.2 Å². The zero-order valence-electron chi connectivity index (χ0n) is 15.5. The number of benzene rings is 1. The number of carbonyl (C=O) groups excluding carboxylic acids is 1. The lowest BCUT2D eigenvalue weighted by Crippen LogP contribution is -2.51. The fourth-order valence-electron chi connectivity index (χ4n) is 3.30. The number of hydrogen-bond donors (Lipinski definition) is 0. The number of anilines is 1. The first-order valence-electron chi connectivity index (χ1n) is 8.82. The van der Waals surface area contributed by atoms with Crippen molar-refractivity contribution in [1.82, 2.24) is 14.8 Å². The number of carbonyl (C=O) groups is 1. The molecule has 27 heavy (non-hydrogen) atoms. The van der Waals surface area contributed by atoms with Crippen LogP contribution >= 0.6 is 0 Å². The van der Waals surface area contributed by atoms with E-state index in [4.69, 9.17) is 5.26 Å². The van der Waals surface area contributed by atoms with Gasteiger partial charge in [0.25, 0.3) is 0 Å². The monoisotopic (exact) mass is 367 g/mol. The van der Waals surface area contributed by atoms with Crippen molar-refractivity contribution in [3.05, 3.63) is 59.5 Å². The Morgan fingerprint density at radius 2 is 1.89 bits per heavy atom. The fourth-order valence-corrected chi connectivity index (χ4v) is 3.30. The van der Waals surface area contributed by atoms with Gasteiger partial charge in [-0.1, -0.05) is 18.2 Å². The number of nitrogens with zero attached hydrogens (tertiary/aromatic N) is 5. The zero-order chi connectivity index (χ0) is 19.4. The molecule has 0 saturated carbocycles. The van der Waals surface area contributed by atoms with Gasteiger partial charge >= 0.3 is 0 Å². The summed E-state index contributed by atoms with van der Waals surface area (Å²) in [6, 6.07) is 11.4. The molecule has 3 rings (SSSR count). The Kier molecular flexibility index (Phi) is 5.67. The summed E-state index contributed by atoms with van der Waals surface area (Å²) in [6.07, 6.45) is 1.55. The number of pyridine rings is 1. The van der Waals surface area contributed by atoms with Crippen LogP contribution in [0.5, 0.6) is 0 Å². The van der Waals surface area contributed by atoms with E-state index in [1.165, 1.54) is 6.07 Å². The summed E-state index contributed by atoms with van der Waals surface area (Å²) in [6.45, 7) is 2.36. The van der Waals surface area contributed by atoms with E-state index >= 15 is 0 Å². The summed E-state index contributed by atoms with van der Waals surface area (Å²) in [4.78, 5) is 23.0. The largest absolute Gasteiger partial charge is 0.353 e. The second-order valence-electron chi connectivity index (χ2n) is 6.72. The van der Waals surface area contributed by atoms with Gasteiger partial charge < -0.3 is 9.80 Å². The summed E-state index contributed by atoms with van der Waals surface area (Å²) in [5.74, 6) is 0.321. The number of amides is 1. The molecule has 1 saturated heterocycles. The summed E-state index contributed by atoms with van der Waals surface area (Å²) >= 11 is 0. The van der Waals surface area contributed by atoms with Crippen molar-refractivity contribution in [2.45, 2.75) is 6.04 Å². The molecule has 1 amide bonds. The molecule has 1 aromatic carbocycles. The quantitative estimate of drug-likeness (QED) is 0.828. The molecule has 0 bridgehead atoms. The number of rotatable bonds is 4. The Labute approximate surface area is 158 Å². The van der Waals surface area contributed by atoms with Crippen LogP contribution in [0.4, 0.5) is 10.2 Å². The maximum atomic E-state index is 14.2. The summed E-state index contributed by atoms with van der Waals surface area (Å²) < 4.78 is 14.2. The number of hydrogen-bond acceptors (Lipinski definition) is 5. The highest BCUT2D eigenvalue weighted by molar-refractivity contribution is 5.83. The van der Waals surface area contributed by atoms with Gasteiger partial charge in [0.15, 0.2) is 0 Å². The molecule has 6 nitrogen and oxygen atoms in total. The molecular formula is C20H22FN5O. The Morgan fingerprint density at radius 3 is 2.44 bits per heavy atom. The van der Waals surface area contributed by atoms with Crippen molar-refractivity contribution in [3.8, 4) is 6.07 Å². The molecule has 1 aliphatic heterocycles. The molecule has 0 unspecified atom stereocenters. The average molecular weight is 367 g/mol. The van der Waals surface area contributed by atoms with Crippen LogP contribution in [0.25, 0.3) is 0 Å². The smallest absolute Gasteiger partial charge is 0.244 e. The minimum absolute atomic E-state index is 0.0995. The van der Waals surface area contributed by atoms with Gasteiger partial charge in [0.1, 0.15) is 23.7 Å². The van der Waals surface area contributed by atoms with Crippen LogP contribution in [0.15, 0.2) is 42.6 Å². The predicted molar refractivity (Wildman–Crippen MR) is 101 cm³/mol. The van der Waals surface area contributed by atoms with Crippen LogP contribution < -0.4 is 4.90 Å². The molecule has 1 atom stereocenters. The molecule has 7 heteroatoms. The standard InChI is InChI=1S/C20H22FN5O/c1-24(2)19(16-5-3-4-6-17(16)21)20(27)26-11-9-25(10-12-26)18-8-7-15(13-22)14-23-18/h3-8,14,19H,9-12H2,1-2H3/t19-/m0/s1. The van der Waals surface area contributed by atoms with Gasteiger partial charge in [0.05, 0.1) is 5.56 Å². The van der Waals surface area contributed by atoms with Crippen LogP contribution in [-0.4, -0.2) is 61.0 Å². The van der Waals surface area contributed by atoms with E-state index in [-0.39, 0.29) is 11.7 Å². The third-order valence-electron chi connectivity index (χ3n) is 4.74. The Morgan fingerprint density at radius 1 is 1.19 bits per heavy atom. The van der Waals surface area contributed by atoms with Gasteiger partial charge in [0.2, 0.25) is 5.91 Å². The summed E-state index contributed by atoms with van der Waals surface area (Å²) in [5, 5.41) is 8.87. The Bertz CT molecular complexity index is 838. The van der Waals surface area contributed by atoms with Crippen LogP contribution in [0.1, 0.15) is 17.2 Å². The maximum absolute atomic E-state index is 14.2. The van der Waals surface area contributed by atoms with E-state index in [1.807, 2.05) is 6.07 Å². The number of piperazine rings is 1. The molecule has 2 aromatic rings. The summed E-state index contributed by atoms with van der Waals surface area (Å²) in [5.41, 5.74) is 0.912. The molecule has 140 valence electrons. The first-order chi connectivity index (χ1) is 13.0. The average Bonchev–Trinajstić information content (AvgIpc) is 2.69. The van der Waals surface area contributed by atoms with Crippen molar-refractivity contribution < 1.29 is 9.18 Å². The van der Waals surface area contributed by atoms with Crippen molar-refractivity contribution in [1.29, 1.82) is 5.26 Å². The lowest BCUT2D eigenvalue weighted by atomic mass is 10.0. The lowest BCUT2D eigenvalue weighted by Gasteiger charge is -2.38. The Hall–Kier alpha value is -2.98. The van der Waals surface area contributed by atoms with Crippen LogP contribution in [0.3, 0.4) is 0 Å². The highest BCUT2D eigenvalue weighted by Crippen LogP contribution is 2.25. The van der Waals surface area contributed by atoms with Crippen molar-refractivity contribution >= 4 is 11.7 Å². The van der Waals surface area contributed by atoms with Gasteiger partial charge in [-0.25, -0.2) is 9.37 Å². The normalized spacial score (nSPS) is 15.5. The van der Waals surface area contributed by atoms with Gasteiger partial charge in [0, 0.05) is 37.9 Å². The molecule has 0 spiro atoms. The molecule has 1 fully saturated rings. The van der Waals surface area contributed by atoms with Crippen molar-refractivity contribution in [2.24, 2.45) is 0 Å². The zero-order valence-corrected chi connectivity index (χ0v) is 15.5. The Balaban J connectivity index is 1.69. The second-order valence-corrected chi connectivity index (χ2v) is 6.72. The number of aromatic nitrogens is 1. The fraction of sp³-hybridized carbons (Fsp3) is 0.350. The van der Waals surface area contributed by atoms with Gasteiger partial charge in [-0.05, 0) is 32.3 Å². The first-order valence-corrected chi connectivity index (χ1v) is 8.82. The van der Waals surface area contributed by atoms with Gasteiger partial charge in [-0.3, -0.25) is 9.69 Å². The minimum Gasteiger partial charge on any atom is -0.353 e. The van der Waals surface area contributed by atoms with E-state index in [2.05, 4.69) is 16.0 Å². The highest BCUT2D eigenvalue weighted by atomic mass is 19.1. The van der Waals surface area contributed by atoms with E-state index in [0.29, 0.717) is 37.3 Å². The van der Waals surface area contributed by atoms with Gasteiger partial charge in [-0.2, -0.15) is 5.26 Å². The highest BCUT2D eigenvalue weighted by Gasteiger charge is 2.31. The van der Waals surface area contributed by atoms with E-state index in [0.717, 1.165) is 5.82 Å². The molecule has 0 radical (unpaired) electrons. The van der Waals surface area contributed by atoms with Crippen LogP contribution in [0, 0.1) is 17.1 Å². The molecular weight excluding hydrogens is 345 g/mol. The SMILES string of the molecule is CN(C)[C@H](C(=O)N1CCN(c2ccc(C#N)cn2)CC1)c1ccccc1F. The molecule has 0 aliphatic carbocycles. The third kappa shape index (κ3) is 4.07. The third-order valence-corrected chi connectivity index (χ3v) is 4.74. The van der Waals surface area contributed by atoms with E-state index in [1.54, 1.807) is 54.4 Å². The van der Waals surface area contributed by atoms with Gasteiger partial charge in [-0.15, -0.1) is 0 Å². The first kappa shape index (κ1) is 18.8. The maximum Gasteiger partial charge on any atom is 0.244 e. The summed E-state index contributed by atoms with van der Waals surface area (Å²) in [7, 11) is 3.57. The second kappa shape index (κ2) is 8.14. The number of likely N-dealkylation sites (N-methyl/N-ethyl adjacent to an activating group) is 1. The van der Waals surface area contributed by atoms with Crippen LogP contribution in [-0.2, 0) is 4.79 Å². The van der Waals surface area contributed by atoms with E-state index < -0.39 is 6.04 Å². The topological polar surface area (TPSA) is 63.5 Å². The minimum atomic E-state index is -0.647. The predicted octanol–water partition coefficient (Wildman–Crippen LogP) is 2.04. The lowest BCUT2D eigenvalue weighted by molar-refractivity contribution is -0.136. The van der Waals surface area contributed by atoms with Crippen LogP contribution in [0.2, 0.25) is 0 Å². The molecule has 2 heterocycles. The van der Waals surface area contributed by atoms with E-state index in [9.17, 15) is 9.18 Å². The molecule has 0 N–H and O–H groups in total. The van der Waals surface area contributed by atoms with Crippen molar-refractivity contribution in [3.63, 3.8) is 0 Å².